The summed E-state index contributed by atoms with van der Waals surface area (Å²) in [6.07, 6.45) is 0. The van der Waals surface area contributed by atoms with Crippen LogP contribution in [0.4, 0.5) is 4.39 Å². The van der Waals surface area contributed by atoms with Crippen LogP contribution in [0.2, 0.25) is 5.02 Å². The molecule has 66 valence electrons. The van der Waals surface area contributed by atoms with Crippen molar-refractivity contribution >= 4 is 27.5 Å². The molecular weight excluding hydrogens is 248 g/mol. The van der Waals surface area contributed by atoms with Crippen LogP contribution in [0.1, 0.15) is 5.56 Å². The van der Waals surface area contributed by atoms with Crippen LogP contribution >= 0.6 is 27.5 Å². The molecular formula is C7H6BrClFNO. The van der Waals surface area contributed by atoms with E-state index in [2.05, 4.69) is 15.9 Å². The van der Waals surface area contributed by atoms with Gasteiger partial charge in [0.1, 0.15) is 5.82 Å². The van der Waals surface area contributed by atoms with E-state index < -0.39 is 5.82 Å². The van der Waals surface area contributed by atoms with Gasteiger partial charge in [-0.3, -0.25) is 0 Å². The molecule has 1 aromatic rings. The maximum Gasteiger partial charge on any atom is 0.138 e. The monoisotopic (exact) mass is 253 g/mol. The molecule has 0 spiro atoms. The Morgan fingerprint density at radius 3 is 2.83 bits per heavy atom. The first-order chi connectivity index (χ1) is 5.65. The van der Waals surface area contributed by atoms with Gasteiger partial charge in [0.15, 0.2) is 0 Å². The summed E-state index contributed by atoms with van der Waals surface area (Å²) in [6, 6.07) is 2.71. The number of nitrogens with one attached hydrogen (secondary N) is 1. The average Bonchev–Trinajstić information content (AvgIpc) is 2.01. The largest absolute Gasteiger partial charge is 0.316 e. The SMILES string of the molecule is ONCc1cc(Br)c(F)cc1Cl. The van der Waals surface area contributed by atoms with E-state index in [4.69, 9.17) is 16.8 Å². The van der Waals surface area contributed by atoms with Crippen molar-refractivity contribution in [3.8, 4) is 0 Å². The van der Waals surface area contributed by atoms with Crippen LogP contribution < -0.4 is 5.48 Å². The normalized spacial score (nSPS) is 10.3. The maximum absolute atomic E-state index is 12.8. The van der Waals surface area contributed by atoms with Crippen LogP contribution in [0.3, 0.4) is 0 Å². The van der Waals surface area contributed by atoms with Gasteiger partial charge in [0, 0.05) is 11.6 Å². The smallest absolute Gasteiger partial charge is 0.138 e. The van der Waals surface area contributed by atoms with Gasteiger partial charge in [-0.15, -0.1) is 0 Å². The Kier molecular flexibility index (Phi) is 3.46. The fourth-order valence-electron chi connectivity index (χ4n) is 0.784. The van der Waals surface area contributed by atoms with Gasteiger partial charge in [-0.2, -0.15) is 0 Å². The third kappa shape index (κ3) is 2.17. The van der Waals surface area contributed by atoms with Gasteiger partial charge < -0.3 is 5.21 Å². The van der Waals surface area contributed by atoms with E-state index in [0.717, 1.165) is 0 Å². The first kappa shape index (κ1) is 9.92. The van der Waals surface area contributed by atoms with Crippen molar-refractivity contribution < 1.29 is 9.60 Å². The molecule has 12 heavy (non-hydrogen) atoms. The molecule has 1 aromatic carbocycles. The van der Waals surface area contributed by atoms with Gasteiger partial charge in [-0.1, -0.05) is 11.6 Å². The molecule has 0 saturated carbocycles. The summed E-state index contributed by atoms with van der Waals surface area (Å²) in [5.41, 5.74) is 2.58. The molecule has 0 unspecified atom stereocenters. The van der Waals surface area contributed by atoms with Gasteiger partial charge in [0.05, 0.1) is 4.47 Å². The average molecular weight is 254 g/mol. The van der Waals surface area contributed by atoms with Crippen LogP contribution in [0.15, 0.2) is 16.6 Å². The predicted octanol–water partition coefficient (Wildman–Crippen LogP) is 2.72. The molecule has 0 amide bonds. The van der Waals surface area contributed by atoms with Crippen molar-refractivity contribution in [1.29, 1.82) is 0 Å². The van der Waals surface area contributed by atoms with E-state index in [0.29, 0.717) is 10.0 Å². The molecule has 0 saturated heterocycles. The Morgan fingerprint density at radius 1 is 1.58 bits per heavy atom. The molecule has 0 aliphatic rings. The van der Waals surface area contributed by atoms with E-state index in [1.165, 1.54) is 12.1 Å². The topological polar surface area (TPSA) is 32.3 Å². The minimum absolute atomic E-state index is 0.192. The number of rotatable bonds is 2. The lowest BCUT2D eigenvalue weighted by Crippen LogP contribution is -2.06. The highest BCUT2D eigenvalue weighted by Crippen LogP contribution is 2.24. The summed E-state index contributed by atoms with van der Waals surface area (Å²) < 4.78 is 13.1. The zero-order valence-electron chi connectivity index (χ0n) is 5.94. The van der Waals surface area contributed by atoms with E-state index in [9.17, 15) is 4.39 Å². The second-order valence-corrected chi connectivity index (χ2v) is 3.45. The Balaban J connectivity index is 3.05. The summed E-state index contributed by atoms with van der Waals surface area (Å²) >= 11 is 8.68. The number of hydrogen-bond acceptors (Lipinski definition) is 2. The third-order valence-corrected chi connectivity index (χ3v) is 2.32. The quantitative estimate of drug-likeness (QED) is 0.628. The molecule has 0 aliphatic carbocycles. The minimum Gasteiger partial charge on any atom is -0.316 e. The summed E-state index contributed by atoms with van der Waals surface area (Å²) in [4.78, 5) is 0. The summed E-state index contributed by atoms with van der Waals surface area (Å²) in [6.45, 7) is 0.192. The summed E-state index contributed by atoms with van der Waals surface area (Å²) in [7, 11) is 0. The lowest BCUT2D eigenvalue weighted by Gasteiger charge is -2.03. The fraction of sp³-hybridized carbons (Fsp3) is 0.143. The molecule has 0 fully saturated rings. The first-order valence-corrected chi connectivity index (χ1v) is 4.32. The number of hydroxylamine groups is 1. The molecule has 0 aromatic heterocycles. The second-order valence-electron chi connectivity index (χ2n) is 2.19. The lowest BCUT2D eigenvalue weighted by atomic mass is 10.2. The molecule has 0 atom stereocenters. The Bertz CT molecular complexity index is 295. The van der Waals surface area contributed by atoms with Crippen molar-refractivity contribution in [2.24, 2.45) is 0 Å². The van der Waals surface area contributed by atoms with Crippen LogP contribution in [-0.4, -0.2) is 5.21 Å². The fourth-order valence-corrected chi connectivity index (χ4v) is 1.39. The zero-order valence-corrected chi connectivity index (χ0v) is 8.28. The minimum atomic E-state index is -0.415. The highest BCUT2D eigenvalue weighted by molar-refractivity contribution is 9.10. The van der Waals surface area contributed by atoms with Crippen molar-refractivity contribution in [3.05, 3.63) is 33.0 Å². The molecule has 0 bridgehead atoms. The second kappa shape index (κ2) is 4.18. The van der Waals surface area contributed by atoms with E-state index in [1.807, 2.05) is 5.48 Å². The molecule has 2 nitrogen and oxygen atoms in total. The zero-order chi connectivity index (χ0) is 9.14. The highest BCUT2D eigenvalue weighted by atomic mass is 79.9. The Hall–Kier alpha value is -0.160. The molecule has 5 heteroatoms. The van der Waals surface area contributed by atoms with Gasteiger partial charge in [0.2, 0.25) is 0 Å². The molecule has 0 aliphatic heterocycles. The number of hydrogen-bond donors (Lipinski definition) is 2. The lowest BCUT2D eigenvalue weighted by molar-refractivity contribution is 0.161. The summed E-state index contributed by atoms with van der Waals surface area (Å²) in [5.74, 6) is -0.415. The van der Waals surface area contributed by atoms with Gasteiger partial charge in [0.25, 0.3) is 0 Å². The van der Waals surface area contributed by atoms with Crippen molar-refractivity contribution in [3.63, 3.8) is 0 Å². The van der Waals surface area contributed by atoms with Gasteiger partial charge in [-0.25, -0.2) is 9.87 Å². The van der Waals surface area contributed by atoms with Crippen LogP contribution in [0.25, 0.3) is 0 Å². The van der Waals surface area contributed by atoms with Crippen LogP contribution in [-0.2, 0) is 6.54 Å². The number of halogens is 3. The number of benzene rings is 1. The van der Waals surface area contributed by atoms with E-state index >= 15 is 0 Å². The van der Waals surface area contributed by atoms with Crippen LogP contribution in [0, 0.1) is 5.82 Å². The highest BCUT2D eigenvalue weighted by Gasteiger charge is 2.05. The van der Waals surface area contributed by atoms with Crippen molar-refractivity contribution in [2.45, 2.75) is 6.54 Å². The van der Waals surface area contributed by atoms with E-state index in [1.54, 1.807) is 0 Å². The van der Waals surface area contributed by atoms with Crippen LogP contribution in [0.5, 0.6) is 0 Å². The van der Waals surface area contributed by atoms with Gasteiger partial charge in [-0.05, 0) is 33.6 Å². The first-order valence-electron chi connectivity index (χ1n) is 3.15. The Labute approximate surface area is 82.4 Å². The Morgan fingerprint density at radius 2 is 2.25 bits per heavy atom. The maximum atomic E-state index is 12.8. The van der Waals surface area contributed by atoms with Crippen molar-refractivity contribution in [2.75, 3.05) is 0 Å². The molecule has 0 heterocycles. The van der Waals surface area contributed by atoms with Gasteiger partial charge >= 0.3 is 0 Å². The predicted molar refractivity (Wildman–Crippen MR) is 47.7 cm³/mol. The molecule has 0 radical (unpaired) electrons. The standard InChI is InChI=1S/C7H6BrClFNO/c8-5-1-4(3-11-12)6(9)2-7(5)10/h1-2,11-12H,3H2. The summed E-state index contributed by atoms with van der Waals surface area (Å²) in [5, 5.41) is 8.68. The van der Waals surface area contributed by atoms with E-state index in [-0.39, 0.29) is 11.6 Å². The van der Waals surface area contributed by atoms with Crippen molar-refractivity contribution in [1.82, 2.24) is 5.48 Å². The third-order valence-electron chi connectivity index (χ3n) is 1.36. The molecule has 2 N–H and O–H groups in total. The molecule has 1 rings (SSSR count).